The van der Waals surface area contributed by atoms with Gasteiger partial charge < -0.3 is 15.8 Å². The van der Waals surface area contributed by atoms with E-state index in [9.17, 15) is 0 Å². The Kier molecular flexibility index (Phi) is 4.35. The van der Waals surface area contributed by atoms with E-state index in [2.05, 4.69) is 22.0 Å². The van der Waals surface area contributed by atoms with Gasteiger partial charge in [0.1, 0.15) is 0 Å². The molecule has 1 aliphatic heterocycles. The van der Waals surface area contributed by atoms with Gasteiger partial charge in [-0.3, -0.25) is 4.90 Å². The van der Waals surface area contributed by atoms with Gasteiger partial charge in [0.25, 0.3) is 0 Å². The number of likely N-dealkylation sites (tertiary alicyclic amines) is 1. The quantitative estimate of drug-likeness (QED) is 0.299. The second kappa shape index (κ2) is 5.32. The van der Waals surface area contributed by atoms with Gasteiger partial charge in [0.2, 0.25) is 0 Å². The summed E-state index contributed by atoms with van der Waals surface area (Å²) in [6.45, 7) is 5.28. The third-order valence-electron chi connectivity index (χ3n) is 3.24. The van der Waals surface area contributed by atoms with Crippen LogP contribution >= 0.6 is 0 Å². The number of nitrogens with zero attached hydrogens (tertiary/aromatic N) is 3. The number of hydrogen-bond acceptors (Lipinski definition) is 4. The Morgan fingerprint density at radius 1 is 1.73 bits per heavy atom. The van der Waals surface area contributed by atoms with Crippen molar-refractivity contribution >= 4 is 5.84 Å². The van der Waals surface area contributed by atoms with Crippen molar-refractivity contribution in [1.29, 1.82) is 0 Å². The van der Waals surface area contributed by atoms with Gasteiger partial charge in [-0.15, -0.1) is 0 Å². The minimum atomic E-state index is 0.000839. The third-order valence-corrected chi connectivity index (χ3v) is 3.24. The van der Waals surface area contributed by atoms with Crippen LogP contribution in [0.1, 0.15) is 13.3 Å². The summed E-state index contributed by atoms with van der Waals surface area (Å²) in [4.78, 5) is 4.48. The number of oxime groups is 1. The van der Waals surface area contributed by atoms with Crippen molar-refractivity contribution in [2.24, 2.45) is 16.8 Å². The van der Waals surface area contributed by atoms with E-state index in [1.54, 1.807) is 0 Å². The Bertz CT molecular complexity index is 231. The molecule has 0 aromatic heterocycles. The molecule has 0 bridgehead atoms. The Labute approximate surface area is 91.5 Å². The summed E-state index contributed by atoms with van der Waals surface area (Å²) in [5, 5.41) is 11.6. The molecular formula is C10H22N4O. The first-order valence-electron chi connectivity index (χ1n) is 5.40. The summed E-state index contributed by atoms with van der Waals surface area (Å²) in [7, 11) is 4.16. The van der Waals surface area contributed by atoms with Crippen molar-refractivity contribution in [3.8, 4) is 0 Å². The summed E-state index contributed by atoms with van der Waals surface area (Å²) < 4.78 is 0. The van der Waals surface area contributed by atoms with Crippen LogP contribution in [0.3, 0.4) is 0 Å². The number of rotatable bonds is 4. The van der Waals surface area contributed by atoms with Crippen molar-refractivity contribution in [3.05, 3.63) is 0 Å². The highest BCUT2D eigenvalue weighted by atomic mass is 16.4. The van der Waals surface area contributed by atoms with Crippen molar-refractivity contribution in [3.63, 3.8) is 0 Å². The zero-order valence-electron chi connectivity index (χ0n) is 9.85. The summed E-state index contributed by atoms with van der Waals surface area (Å²) in [6.07, 6.45) is 1.24. The normalized spacial score (nSPS) is 26.1. The van der Waals surface area contributed by atoms with Gasteiger partial charge in [0, 0.05) is 13.1 Å². The molecule has 3 N–H and O–H groups in total. The number of amidine groups is 1. The maximum absolute atomic E-state index is 8.59. The van der Waals surface area contributed by atoms with Crippen molar-refractivity contribution in [1.82, 2.24) is 9.80 Å². The molecule has 1 rings (SSSR count). The molecule has 5 heteroatoms. The highest BCUT2D eigenvalue weighted by Gasteiger charge is 2.23. The lowest BCUT2D eigenvalue weighted by Gasteiger charge is -2.26. The lowest BCUT2D eigenvalue weighted by molar-refractivity contribution is 0.247. The molecule has 0 radical (unpaired) electrons. The molecule has 1 fully saturated rings. The predicted molar refractivity (Wildman–Crippen MR) is 61.1 cm³/mol. The van der Waals surface area contributed by atoms with E-state index in [0.29, 0.717) is 5.92 Å². The SMILES string of the molecule is CC(C(N)=NO)N(C)CC1CCN(C)C1. The molecule has 2 atom stereocenters. The average molecular weight is 214 g/mol. The van der Waals surface area contributed by atoms with Crippen LogP contribution in [-0.4, -0.2) is 60.6 Å². The van der Waals surface area contributed by atoms with Gasteiger partial charge >= 0.3 is 0 Å². The highest BCUT2D eigenvalue weighted by molar-refractivity contribution is 5.84. The lowest BCUT2D eigenvalue weighted by Crippen LogP contribution is -2.42. The molecule has 0 aliphatic carbocycles. The Hall–Kier alpha value is -0.810. The second-order valence-electron chi connectivity index (χ2n) is 4.56. The maximum atomic E-state index is 8.59. The monoisotopic (exact) mass is 214 g/mol. The molecule has 0 spiro atoms. The van der Waals surface area contributed by atoms with Crippen LogP contribution in [0.25, 0.3) is 0 Å². The molecule has 88 valence electrons. The van der Waals surface area contributed by atoms with Crippen LogP contribution < -0.4 is 5.73 Å². The van der Waals surface area contributed by atoms with Gasteiger partial charge in [-0.05, 0) is 39.9 Å². The van der Waals surface area contributed by atoms with E-state index < -0.39 is 0 Å². The van der Waals surface area contributed by atoms with E-state index in [0.717, 1.165) is 13.1 Å². The Balaban J connectivity index is 2.38. The predicted octanol–water partition coefficient (Wildman–Crippen LogP) is 0.00480. The van der Waals surface area contributed by atoms with E-state index >= 15 is 0 Å². The van der Waals surface area contributed by atoms with Crippen molar-refractivity contribution in [2.75, 3.05) is 33.7 Å². The van der Waals surface area contributed by atoms with E-state index in [1.807, 2.05) is 14.0 Å². The molecule has 0 saturated carbocycles. The Morgan fingerprint density at radius 2 is 2.40 bits per heavy atom. The standard InChI is InChI=1S/C10H22N4O/c1-8(10(11)12-15)14(3)7-9-4-5-13(2)6-9/h8-9,15H,4-7H2,1-3H3,(H2,11,12). The third kappa shape index (κ3) is 3.35. The van der Waals surface area contributed by atoms with E-state index in [4.69, 9.17) is 10.9 Å². The fraction of sp³-hybridized carbons (Fsp3) is 0.900. The minimum absolute atomic E-state index is 0.000839. The number of likely N-dealkylation sites (N-methyl/N-ethyl adjacent to an activating group) is 1. The van der Waals surface area contributed by atoms with Crippen LogP contribution in [0.15, 0.2) is 5.16 Å². The molecule has 15 heavy (non-hydrogen) atoms. The first-order valence-corrected chi connectivity index (χ1v) is 5.40. The zero-order valence-corrected chi connectivity index (χ0v) is 9.85. The van der Waals surface area contributed by atoms with Gasteiger partial charge in [-0.1, -0.05) is 5.16 Å². The molecule has 0 aromatic rings. The second-order valence-corrected chi connectivity index (χ2v) is 4.56. The smallest absolute Gasteiger partial charge is 0.156 e. The van der Waals surface area contributed by atoms with Crippen LogP contribution in [0.4, 0.5) is 0 Å². The average Bonchev–Trinajstić information content (AvgIpc) is 2.61. The van der Waals surface area contributed by atoms with Crippen LogP contribution in [0, 0.1) is 5.92 Å². The largest absolute Gasteiger partial charge is 0.409 e. The van der Waals surface area contributed by atoms with Gasteiger partial charge in [0.15, 0.2) is 5.84 Å². The first kappa shape index (κ1) is 12.3. The van der Waals surface area contributed by atoms with Crippen LogP contribution in [0.2, 0.25) is 0 Å². The fourth-order valence-corrected chi connectivity index (χ4v) is 2.05. The zero-order chi connectivity index (χ0) is 11.4. The summed E-state index contributed by atoms with van der Waals surface area (Å²) in [6, 6.07) is 0.000839. The van der Waals surface area contributed by atoms with Crippen molar-refractivity contribution < 1.29 is 5.21 Å². The lowest BCUT2D eigenvalue weighted by atomic mass is 10.1. The molecular weight excluding hydrogens is 192 g/mol. The molecule has 2 unspecified atom stereocenters. The molecule has 1 aliphatic rings. The summed E-state index contributed by atoms with van der Waals surface area (Å²) in [5.74, 6) is 0.984. The summed E-state index contributed by atoms with van der Waals surface area (Å²) >= 11 is 0. The Morgan fingerprint density at radius 3 is 2.87 bits per heavy atom. The molecule has 0 amide bonds. The van der Waals surface area contributed by atoms with Gasteiger partial charge in [0.05, 0.1) is 6.04 Å². The molecule has 1 heterocycles. The number of nitrogens with two attached hydrogens (primary N) is 1. The van der Waals surface area contributed by atoms with E-state index in [-0.39, 0.29) is 11.9 Å². The van der Waals surface area contributed by atoms with Crippen LogP contribution in [0.5, 0.6) is 0 Å². The first-order chi connectivity index (χ1) is 7.04. The molecule has 1 saturated heterocycles. The fourth-order valence-electron chi connectivity index (χ4n) is 2.05. The van der Waals surface area contributed by atoms with Gasteiger partial charge in [-0.25, -0.2) is 0 Å². The highest BCUT2D eigenvalue weighted by Crippen LogP contribution is 2.15. The van der Waals surface area contributed by atoms with Crippen LogP contribution in [-0.2, 0) is 0 Å². The topological polar surface area (TPSA) is 65.1 Å². The van der Waals surface area contributed by atoms with Gasteiger partial charge in [-0.2, -0.15) is 0 Å². The van der Waals surface area contributed by atoms with E-state index in [1.165, 1.54) is 13.0 Å². The minimum Gasteiger partial charge on any atom is -0.409 e. The molecule has 5 nitrogen and oxygen atoms in total. The summed E-state index contributed by atoms with van der Waals surface area (Å²) in [5.41, 5.74) is 5.57. The maximum Gasteiger partial charge on any atom is 0.156 e. The number of hydrogen-bond donors (Lipinski definition) is 2. The van der Waals surface area contributed by atoms with Crippen molar-refractivity contribution in [2.45, 2.75) is 19.4 Å². The molecule has 0 aromatic carbocycles.